The van der Waals surface area contributed by atoms with Crippen LogP contribution in [0.1, 0.15) is 22.8 Å². The second-order valence-corrected chi connectivity index (χ2v) is 5.46. The van der Waals surface area contributed by atoms with Gasteiger partial charge in [-0.05, 0) is 24.6 Å². The van der Waals surface area contributed by atoms with Gasteiger partial charge in [-0.1, -0.05) is 12.1 Å². The number of fused-ring (bicyclic) bond motifs is 1. The van der Waals surface area contributed by atoms with Gasteiger partial charge < -0.3 is 19.6 Å². The average molecular weight is 364 g/mol. The van der Waals surface area contributed by atoms with Gasteiger partial charge in [0.1, 0.15) is 28.9 Å². The van der Waals surface area contributed by atoms with Gasteiger partial charge in [-0.3, -0.25) is 0 Å². The van der Waals surface area contributed by atoms with Gasteiger partial charge in [-0.25, -0.2) is 4.79 Å². The first-order valence-corrected chi connectivity index (χ1v) is 7.27. The normalized spacial score (nSPS) is 16.5. The maximum absolute atomic E-state index is 12.3. The largest absolute Gasteiger partial charge is 0.573 e. The van der Waals surface area contributed by atoms with Gasteiger partial charge in [0.05, 0.1) is 11.5 Å². The molecule has 0 bridgehead atoms. The van der Waals surface area contributed by atoms with Gasteiger partial charge in [-0.2, -0.15) is 5.26 Å². The Morgan fingerprint density at radius 1 is 1.27 bits per heavy atom. The number of rotatable bonds is 2. The van der Waals surface area contributed by atoms with Crippen LogP contribution in [0.4, 0.5) is 13.2 Å². The predicted octanol–water partition coefficient (Wildman–Crippen LogP) is 3.07. The average Bonchev–Trinajstić information content (AvgIpc) is 2.52. The first-order chi connectivity index (χ1) is 12.2. The van der Waals surface area contributed by atoms with E-state index in [4.69, 9.17) is 14.9 Å². The number of allylic oxidation sites excluding steroid dienone is 1. The third-order valence-corrected chi connectivity index (χ3v) is 3.70. The molecule has 0 radical (unpaired) electrons. The summed E-state index contributed by atoms with van der Waals surface area (Å²) in [6.45, 7) is 1.54. The smallest absolute Gasteiger partial charge is 0.440 e. The summed E-state index contributed by atoms with van der Waals surface area (Å²) in [6, 6.07) is 8.11. The molecule has 1 aromatic carbocycles. The van der Waals surface area contributed by atoms with Crippen molar-refractivity contribution in [3.05, 3.63) is 69.1 Å². The molecule has 0 fully saturated rings. The molecule has 3 rings (SSSR count). The Bertz CT molecular complexity index is 985. The molecule has 2 aromatic rings. The summed E-state index contributed by atoms with van der Waals surface area (Å²) in [5.74, 6) is -1.13. The summed E-state index contributed by atoms with van der Waals surface area (Å²) >= 11 is 0. The summed E-state index contributed by atoms with van der Waals surface area (Å²) in [5, 5.41) is 9.40. The fourth-order valence-corrected chi connectivity index (χ4v) is 2.71. The number of halogens is 3. The van der Waals surface area contributed by atoms with E-state index in [9.17, 15) is 23.2 Å². The number of alkyl halides is 3. The van der Waals surface area contributed by atoms with E-state index in [2.05, 4.69) is 4.74 Å². The lowest BCUT2D eigenvalue weighted by Crippen LogP contribution is -2.26. The Kier molecular flexibility index (Phi) is 4.12. The maximum Gasteiger partial charge on any atom is 0.573 e. The van der Waals surface area contributed by atoms with Crippen molar-refractivity contribution in [2.75, 3.05) is 0 Å². The first-order valence-electron chi connectivity index (χ1n) is 7.27. The van der Waals surface area contributed by atoms with Crippen molar-refractivity contribution in [3.63, 3.8) is 0 Å². The number of nitrogens with two attached hydrogens (primary N) is 1. The minimum atomic E-state index is -4.83. The van der Waals surface area contributed by atoms with E-state index in [0.717, 1.165) is 12.1 Å². The third-order valence-electron chi connectivity index (χ3n) is 3.70. The maximum atomic E-state index is 12.3. The van der Waals surface area contributed by atoms with Crippen molar-refractivity contribution in [2.24, 2.45) is 5.73 Å². The van der Waals surface area contributed by atoms with Gasteiger partial charge in [-0.15, -0.1) is 13.2 Å². The van der Waals surface area contributed by atoms with Crippen molar-refractivity contribution in [2.45, 2.75) is 19.2 Å². The van der Waals surface area contributed by atoms with Crippen LogP contribution in [0, 0.1) is 18.3 Å². The highest BCUT2D eigenvalue weighted by Crippen LogP contribution is 2.40. The lowest BCUT2D eigenvalue weighted by atomic mass is 9.84. The molecule has 6 nitrogen and oxygen atoms in total. The molecule has 26 heavy (non-hydrogen) atoms. The molecule has 134 valence electrons. The van der Waals surface area contributed by atoms with E-state index in [1.54, 1.807) is 6.92 Å². The summed E-state index contributed by atoms with van der Waals surface area (Å²) in [5.41, 5.74) is 5.42. The highest BCUT2D eigenvalue weighted by molar-refractivity contribution is 5.54. The van der Waals surface area contributed by atoms with Crippen LogP contribution in [0.5, 0.6) is 11.5 Å². The van der Waals surface area contributed by atoms with E-state index >= 15 is 0 Å². The molecule has 2 N–H and O–H groups in total. The molecular weight excluding hydrogens is 353 g/mol. The van der Waals surface area contributed by atoms with Crippen LogP contribution < -0.4 is 20.8 Å². The molecule has 1 unspecified atom stereocenters. The van der Waals surface area contributed by atoms with Crippen LogP contribution in [0.25, 0.3) is 0 Å². The molecule has 1 aliphatic heterocycles. The van der Waals surface area contributed by atoms with Gasteiger partial charge in [0.2, 0.25) is 5.88 Å². The summed E-state index contributed by atoms with van der Waals surface area (Å²) in [6.07, 6.45) is -4.83. The molecule has 0 saturated heterocycles. The zero-order chi connectivity index (χ0) is 19.1. The van der Waals surface area contributed by atoms with Gasteiger partial charge in [0.15, 0.2) is 0 Å². The Morgan fingerprint density at radius 3 is 2.50 bits per heavy atom. The summed E-state index contributed by atoms with van der Waals surface area (Å²) in [4.78, 5) is 12.3. The van der Waals surface area contributed by atoms with Crippen LogP contribution in [-0.4, -0.2) is 6.36 Å². The van der Waals surface area contributed by atoms with Gasteiger partial charge >= 0.3 is 12.0 Å². The van der Waals surface area contributed by atoms with Gasteiger partial charge in [0, 0.05) is 6.07 Å². The van der Waals surface area contributed by atoms with E-state index in [1.807, 2.05) is 6.07 Å². The van der Waals surface area contributed by atoms with E-state index in [-0.39, 0.29) is 28.5 Å². The summed E-state index contributed by atoms with van der Waals surface area (Å²) < 4.78 is 51.1. The zero-order valence-corrected chi connectivity index (χ0v) is 13.3. The quantitative estimate of drug-likeness (QED) is 0.879. The lowest BCUT2D eigenvalue weighted by Gasteiger charge is -2.25. The standard InChI is InChI=1S/C17H11F3N2O4/c1-8-6-12-14(16(23)24-8)13(11(7-21)15(22)25-12)9-2-4-10(5-3-9)26-17(18,19)20/h2-6,13H,22H2,1H3. The molecule has 1 aromatic heterocycles. The van der Waals surface area contributed by atoms with Crippen LogP contribution >= 0.6 is 0 Å². The number of hydrogen-bond acceptors (Lipinski definition) is 6. The van der Waals surface area contributed by atoms with Crippen molar-refractivity contribution >= 4 is 0 Å². The molecule has 0 spiro atoms. The number of nitriles is 1. The van der Waals surface area contributed by atoms with Crippen molar-refractivity contribution in [1.29, 1.82) is 5.26 Å². The Labute approximate surface area is 144 Å². The van der Waals surface area contributed by atoms with E-state index in [0.29, 0.717) is 5.56 Å². The number of ether oxygens (including phenoxy) is 2. The third kappa shape index (κ3) is 3.21. The minimum absolute atomic E-state index is 0.0434. The van der Waals surface area contributed by atoms with Crippen LogP contribution in [0.2, 0.25) is 0 Å². The molecule has 0 aliphatic carbocycles. The number of hydrogen-bond donors (Lipinski definition) is 1. The Balaban J connectivity index is 2.11. The van der Waals surface area contributed by atoms with Crippen molar-refractivity contribution < 1.29 is 27.1 Å². The second kappa shape index (κ2) is 6.15. The monoisotopic (exact) mass is 364 g/mol. The fourth-order valence-electron chi connectivity index (χ4n) is 2.71. The highest BCUT2D eigenvalue weighted by atomic mass is 19.4. The van der Waals surface area contributed by atoms with Crippen LogP contribution in [0.3, 0.4) is 0 Å². The molecule has 2 heterocycles. The predicted molar refractivity (Wildman–Crippen MR) is 82.1 cm³/mol. The molecule has 1 aliphatic rings. The first kappa shape index (κ1) is 17.4. The number of aryl methyl sites for hydroxylation is 1. The summed E-state index contributed by atoms with van der Waals surface area (Å²) in [7, 11) is 0. The molecule has 1 atom stereocenters. The topological polar surface area (TPSA) is 98.5 Å². The number of benzene rings is 1. The number of nitrogens with zero attached hydrogens (tertiary/aromatic N) is 1. The second-order valence-electron chi connectivity index (χ2n) is 5.46. The van der Waals surface area contributed by atoms with Crippen molar-refractivity contribution in [1.82, 2.24) is 0 Å². The SMILES string of the molecule is Cc1cc2c(c(=O)o1)C(c1ccc(OC(F)(F)F)cc1)C(C#N)=C(N)O2. The van der Waals surface area contributed by atoms with Crippen LogP contribution in [0.15, 0.2) is 51.0 Å². The van der Waals surface area contributed by atoms with E-state index in [1.165, 1.54) is 18.2 Å². The molecular formula is C17H11F3N2O4. The van der Waals surface area contributed by atoms with Gasteiger partial charge in [0.25, 0.3) is 0 Å². The zero-order valence-electron chi connectivity index (χ0n) is 13.3. The van der Waals surface area contributed by atoms with E-state index < -0.39 is 23.7 Å². The van der Waals surface area contributed by atoms with Crippen LogP contribution in [-0.2, 0) is 0 Å². The molecule has 0 amide bonds. The minimum Gasteiger partial charge on any atom is -0.440 e. The highest BCUT2D eigenvalue weighted by Gasteiger charge is 2.35. The lowest BCUT2D eigenvalue weighted by molar-refractivity contribution is -0.274. The Hall–Kier alpha value is -3.41. The molecule has 9 heteroatoms. The molecule has 0 saturated carbocycles. The fraction of sp³-hybridized carbons (Fsp3) is 0.176. The van der Waals surface area contributed by atoms with Crippen molar-refractivity contribution in [3.8, 4) is 17.6 Å². The Morgan fingerprint density at radius 2 is 1.92 bits per heavy atom.